The molecule has 0 aliphatic heterocycles. The first-order valence-corrected chi connectivity index (χ1v) is 8.03. The van der Waals surface area contributed by atoms with Crippen LogP contribution in [-0.2, 0) is 15.6 Å². The van der Waals surface area contributed by atoms with E-state index in [1.807, 2.05) is 0 Å². The van der Waals surface area contributed by atoms with Gasteiger partial charge in [-0.25, -0.2) is 0 Å². The van der Waals surface area contributed by atoms with E-state index in [9.17, 15) is 14.2 Å². The molecule has 0 atom stereocenters. The van der Waals surface area contributed by atoms with Gasteiger partial charge in [0, 0.05) is 18.8 Å². The highest BCUT2D eigenvalue weighted by atomic mass is 31.2. The van der Waals surface area contributed by atoms with Crippen LogP contribution in [0.1, 0.15) is 12.0 Å². The Kier molecular flexibility index (Phi) is 4.46. The van der Waals surface area contributed by atoms with Crippen LogP contribution in [0.5, 0.6) is 0 Å². The minimum Gasteiger partial charge on any atom is -0.368 e. The van der Waals surface area contributed by atoms with Crippen LogP contribution in [-0.4, -0.2) is 34.7 Å². The SMILES string of the molecule is O=P(O)(O)C(O)(CCc1ccncc1)P(=O)(O)O. The number of hydrogen-bond acceptors (Lipinski definition) is 4. The van der Waals surface area contributed by atoms with Crippen molar-refractivity contribution in [1.82, 2.24) is 4.98 Å². The third-order valence-electron chi connectivity index (χ3n) is 2.43. The van der Waals surface area contributed by atoms with Crippen LogP contribution in [0.2, 0.25) is 0 Å². The molecule has 0 aliphatic carbocycles. The Balaban J connectivity index is 2.96. The summed E-state index contributed by atoms with van der Waals surface area (Å²) in [4.78, 5) is 39.3. The Morgan fingerprint density at radius 3 is 1.89 bits per heavy atom. The summed E-state index contributed by atoms with van der Waals surface area (Å²) in [6.45, 7) is 0. The van der Waals surface area contributed by atoms with Gasteiger partial charge in [0.1, 0.15) is 0 Å². The number of hydrogen-bond donors (Lipinski definition) is 5. The molecule has 0 aromatic carbocycles. The van der Waals surface area contributed by atoms with E-state index in [2.05, 4.69) is 4.98 Å². The maximum atomic E-state index is 11.1. The van der Waals surface area contributed by atoms with Crippen molar-refractivity contribution in [2.24, 2.45) is 0 Å². The Labute approximate surface area is 103 Å². The number of rotatable bonds is 5. The lowest BCUT2D eigenvalue weighted by atomic mass is 10.1. The number of aromatic nitrogens is 1. The van der Waals surface area contributed by atoms with Crippen LogP contribution in [0, 0.1) is 0 Å². The van der Waals surface area contributed by atoms with E-state index in [0.717, 1.165) is 0 Å². The molecule has 0 saturated heterocycles. The third kappa shape index (κ3) is 3.24. The molecule has 1 aromatic rings. The van der Waals surface area contributed by atoms with E-state index in [4.69, 9.17) is 19.6 Å². The molecular weight excluding hydrogens is 284 g/mol. The molecule has 0 bridgehead atoms. The molecule has 102 valence electrons. The van der Waals surface area contributed by atoms with Crippen LogP contribution >= 0.6 is 15.2 Å². The summed E-state index contributed by atoms with van der Waals surface area (Å²) in [7, 11) is -10.7. The Hall–Kier alpha value is -0.590. The number of nitrogens with zero attached hydrogens (tertiary/aromatic N) is 1. The maximum absolute atomic E-state index is 11.1. The van der Waals surface area contributed by atoms with Crippen molar-refractivity contribution >= 4 is 15.2 Å². The molecular formula is C8H13NO7P2. The summed E-state index contributed by atoms with van der Waals surface area (Å²) >= 11 is 0. The van der Waals surface area contributed by atoms with Crippen molar-refractivity contribution in [2.75, 3.05) is 0 Å². The highest BCUT2D eigenvalue weighted by Gasteiger charge is 2.58. The van der Waals surface area contributed by atoms with Gasteiger partial charge >= 0.3 is 15.2 Å². The topological polar surface area (TPSA) is 148 Å². The minimum atomic E-state index is -5.37. The smallest absolute Gasteiger partial charge is 0.368 e. The fourth-order valence-corrected chi connectivity index (χ4v) is 3.49. The van der Waals surface area contributed by atoms with Gasteiger partial charge in [-0.2, -0.15) is 0 Å². The Morgan fingerprint density at radius 2 is 1.50 bits per heavy atom. The van der Waals surface area contributed by atoms with E-state index in [0.29, 0.717) is 5.56 Å². The molecule has 0 radical (unpaired) electrons. The van der Waals surface area contributed by atoms with E-state index < -0.39 is 26.7 Å². The third-order valence-corrected chi connectivity index (χ3v) is 6.31. The fourth-order valence-electron chi connectivity index (χ4n) is 1.32. The van der Waals surface area contributed by atoms with Crippen LogP contribution in [0.3, 0.4) is 0 Å². The quantitative estimate of drug-likeness (QED) is 0.477. The van der Waals surface area contributed by atoms with Gasteiger partial charge in [-0.1, -0.05) is 0 Å². The van der Waals surface area contributed by atoms with Crippen LogP contribution in [0.15, 0.2) is 24.5 Å². The molecule has 0 saturated carbocycles. The second-order valence-electron chi connectivity index (χ2n) is 3.72. The van der Waals surface area contributed by atoms with Crippen LogP contribution in [0.25, 0.3) is 0 Å². The number of pyridine rings is 1. The zero-order valence-corrected chi connectivity index (χ0v) is 10.9. The molecule has 10 heteroatoms. The van der Waals surface area contributed by atoms with Crippen molar-refractivity contribution in [3.05, 3.63) is 30.1 Å². The summed E-state index contributed by atoms with van der Waals surface area (Å²) in [5.41, 5.74) is 0.547. The van der Waals surface area contributed by atoms with Gasteiger partial charge in [0.05, 0.1) is 0 Å². The second-order valence-corrected chi connectivity index (χ2v) is 7.73. The lowest BCUT2D eigenvalue weighted by Gasteiger charge is -2.29. The van der Waals surface area contributed by atoms with Gasteiger partial charge in [-0.3, -0.25) is 14.1 Å². The lowest BCUT2D eigenvalue weighted by Crippen LogP contribution is -2.29. The zero-order chi connectivity index (χ0) is 14.0. The van der Waals surface area contributed by atoms with Crippen molar-refractivity contribution in [2.45, 2.75) is 17.9 Å². The first-order chi connectivity index (χ1) is 8.08. The number of aliphatic hydroxyl groups is 1. The largest absolute Gasteiger partial charge is 0.369 e. The van der Waals surface area contributed by atoms with Gasteiger partial charge in [0.25, 0.3) is 5.08 Å². The molecule has 1 rings (SSSR count). The molecule has 8 nitrogen and oxygen atoms in total. The van der Waals surface area contributed by atoms with E-state index in [1.165, 1.54) is 24.5 Å². The number of aryl methyl sites for hydroxylation is 1. The predicted molar refractivity (Wildman–Crippen MR) is 61.6 cm³/mol. The van der Waals surface area contributed by atoms with E-state index >= 15 is 0 Å². The first kappa shape index (κ1) is 15.5. The fraction of sp³-hybridized carbons (Fsp3) is 0.375. The van der Waals surface area contributed by atoms with Crippen molar-refractivity contribution in [3.8, 4) is 0 Å². The molecule has 1 heterocycles. The summed E-state index contributed by atoms with van der Waals surface area (Å²) < 4.78 is 22.1. The summed E-state index contributed by atoms with van der Waals surface area (Å²) in [5.74, 6) is 0. The molecule has 0 fully saturated rings. The lowest BCUT2D eigenvalue weighted by molar-refractivity contribution is 0.123. The zero-order valence-electron chi connectivity index (χ0n) is 9.12. The Bertz CT molecular complexity index is 471. The molecule has 5 N–H and O–H groups in total. The molecule has 0 aliphatic rings. The second kappa shape index (κ2) is 5.19. The van der Waals surface area contributed by atoms with Crippen molar-refractivity contribution < 1.29 is 33.8 Å². The molecule has 0 spiro atoms. The molecule has 0 amide bonds. The highest BCUT2D eigenvalue weighted by molar-refractivity contribution is 7.72. The normalized spacial score (nSPS) is 13.6. The molecule has 1 aromatic heterocycles. The summed E-state index contributed by atoms with van der Waals surface area (Å²) in [5, 5.41) is 6.25. The van der Waals surface area contributed by atoms with Crippen molar-refractivity contribution in [1.29, 1.82) is 0 Å². The van der Waals surface area contributed by atoms with Crippen LogP contribution < -0.4 is 0 Å². The van der Waals surface area contributed by atoms with Gasteiger partial charge < -0.3 is 24.7 Å². The summed E-state index contributed by atoms with van der Waals surface area (Å²) in [6, 6.07) is 3.03. The average molecular weight is 297 g/mol. The Morgan fingerprint density at radius 1 is 1.06 bits per heavy atom. The van der Waals surface area contributed by atoms with Gasteiger partial charge in [-0.05, 0) is 24.1 Å². The van der Waals surface area contributed by atoms with E-state index in [1.54, 1.807) is 0 Å². The van der Waals surface area contributed by atoms with Gasteiger partial charge in [0.2, 0.25) is 0 Å². The summed E-state index contributed by atoms with van der Waals surface area (Å²) in [6.07, 6.45) is 1.98. The molecule has 18 heavy (non-hydrogen) atoms. The highest BCUT2D eigenvalue weighted by Crippen LogP contribution is 2.69. The van der Waals surface area contributed by atoms with Crippen molar-refractivity contribution in [3.63, 3.8) is 0 Å². The molecule has 0 unspecified atom stereocenters. The predicted octanol–water partition coefficient (Wildman–Crippen LogP) is 0.0157. The van der Waals surface area contributed by atoms with Gasteiger partial charge in [0.15, 0.2) is 0 Å². The monoisotopic (exact) mass is 297 g/mol. The average Bonchev–Trinajstić information content (AvgIpc) is 2.24. The van der Waals surface area contributed by atoms with Crippen LogP contribution in [0.4, 0.5) is 0 Å². The minimum absolute atomic E-state index is 0.102. The maximum Gasteiger partial charge on any atom is 0.369 e. The first-order valence-electron chi connectivity index (χ1n) is 4.80. The standard InChI is InChI=1S/C8H13NO7P2/c10-8(17(11,12)13,18(14,15)16)4-1-7-2-5-9-6-3-7/h2-3,5-6,10H,1,4H2,(H2,11,12,13)(H2,14,15,16). The van der Waals surface area contributed by atoms with Gasteiger partial charge in [-0.15, -0.1) is 0 Å². The van der Waals surface area contributed by atoms with E-state index in [-0.39, 0.29) is 6.42 Å².